The lowest BCUT2D eigenvalue weighted by molar-refractivity contribution is -0.128. The van der Waals surface area contributed by atoms with Crippen molar-refractivity contribution in [3.63, 3.8) is 0 Å². The summed E-state index contributed by atoms with van der Waals surface area (Å²) in [6.45, 7) is 1.48. The molecule has 1 amide bonds. The zero-order valence-corrected chi connectivity index (χ0v) is 10.1. The molecule has 0 saturated carbocycles. The van der Waals surface area contributed by atoms with E-state index >= 15 is 0 Å². The molecule has 1 aromatic heterocycles. The van der Waals surface area contributed by atoms with Gasteiger partial charge in [0.25, 0.3) is 0 Å². The molecule has 1 saturated heterocycles. The van der Waals surface area contributed by atoms with Crippen LogP contribution in [0.15, 0.2) is 30.5 Å². The van der Waals surface area contributed by atoms with Crippen molar-refractivity contribution in [2.24, 2.45) is 0 Å². The fourth-order valence-electron chi connectivity index (χ4n) is 2.46. The molecule has 0 spiro atoms. The van der Waals surface area contributed by atoms with Crippen molar-refractivity contribution in [3.05, 3.63) is 36.0 Å². The average molecular weight is 241 g/mol. The van der Waals surface area contributed by atoms with Gasteiger partial charge in [0.15, 0.2) is 0 Å². The SMILES string of the molecule is Nc1ccc(CN2CCCC2=O)c2ncccc12. The van der Waals surface area contributed by atoms with Crippen LogP contribution in [0.25, 0.3) is 10.9 Å². The number of pyridine rings is 1. The van der Waals surface area contributed by atoms with Crippen molar-refractivity contribution in [1.82, 2.24) is 9.88 Å². The van der Waals surface area contributed by atoms with E-state index in [-0.39, 0.29) is 5.91 Å². The molecule has 0 radical (unpaired) electrons. The van der Waals surface area contributed by atoms with Crippen LogP contribution in [0.3, 0.4) is 0 Å². The van der Waals surface area contributed by atoms with E-state index in [0.717, 1.165) is 35.1 Å². The maximum absolute atomic E-state index is 11.7. The monoisotopic (exact) mass is 241 g/mol. The van der Waals surface area contributed by atoms with Gasteiger partial charge < -0.3 is 10.6 Å². The van der Waals surface area contributed by atoms with Crippen LogP contribution < -0.4 is 5.73 Å². The minimum Gasteiger partial charge on any atom is -0.398 e. The Morgan fingerprint density at radius 3 is 3.00 bits per heavy atom. The summed E-state index contributed by atoms with van der Waals surface area (Å²) in [7, 11) is 0. The summed E-state index contributed by atoms with van der Waals surface area (Å²) < 4.78 is 0. The van der Waals surface area contributed by atoms with Gasteiger partial charge in [0.2, 0.25) is 5.91 Å². The molecule has 2 heterocycles. The number of nitrogens with two attached hydrogens (primary N) is 1. The van der Waals surface area contributed by atoms with Gasteiger partial charge >= 0.3 is 0 Å². The number of aromatic nitrogens is 1. The second kappa shape index (κ2) is 4.29. The number of fused-ring (bicyclic) bond motifs is 1. The van der Waals surface area contributed by atoms with E-state index < -0.39 is 0 Å². The zero-order chi connectivity index (χ0) is 12.5. The average Bonchev–Trinajstić information content (AvgIpc) is 2.79. The Kier molecular flexibility index (Phi) is 2.63. The molecule has 92 valence electrons. The van der Waals surface area contributed by atoms with Gasteiger partial charge in [-0.2, -0.15) is 0 Å². The number of hydrogen-bond donors (Lipinski definition) is 1. The number of carbonyl (C=O) groups is 1. The lowest BCUT2D eigenvalue weighted by Gasteiger charge is -2.17. The van der Waals surface area contributed by atoms with E-state index in [2.05, 4.69) is 4.98 Å². The molecule has 1 aliphatic heterocycles. The normalized spacial score (nSPS) is 15.6. The molecule has 0 atom stereocenters. The third-order valence-corrected chi connectivity index (χ3v) is 3.42. The Morgan fingerprint density at radius 1 is 1.33 bits per heavy atom. The third-order valence-electron chi connectivity index (χ3n) is 3.42. The molecule has 1 fully saturated rings. The number of anilines is 1. The van der Waals surface area contributed by atoms with Gasteiger partial charge in [-0.15, -0.1) is 0 Å². The summed E-state index contributed by atoms with van der Waals surface area (Å²) in [5, 5.41) is 0.960. The molecule has 0 unspecified atom stereocenters. The second-order valence-corrected chi connectivity index (χ2v) is 4.63. The summed E-state index contributed by atoms with van der Waals surface area (Å²) in [5.74, 6) is 0.232. The van der Waals surface area contributed by atoms with Crippen molar-refractivity contribution in [2.45, 2.75) is 19.4 Å². The van der Waals surface area contributed by atoms with Gasteiger partial charge in [0, 0.05) is 36.8 Å². The highest BCUT2D eigenvalue weighted by atomic mass is 16.2. The Labute approximate surface area is 105 Å². The standard InChI is InChI=1S/C14H15N3O/c15-12-6-5-10(9-17-8-2-4-13(17)18)14-11(12)3-1-7-16-14/h1,3,5-7H,2,4,8-9,15H2. The largest absolute Gasteiger partial charge is 0.398 e. The highest BCUT2D eigenvalue weighted by molar-refractivity contribution is 5.92. The molecule has 1 aromatic carbocycles. The van der Waals surface area contributed by atoms with Crippen LogP contribution >= 0.6 is 0 Å². The number of likely N-dealkylation sites (tertiary alicyclic amines) is 1. The number of nitrogens with zero attached hydrogens (tertiary/aromatic N) is 2. The number of amides is 1. The summed E-state index contributed by atoms with van der Waals surface area (Å²) >= 11 is 0. The summed E-state index contributed by atoms with van der Waals surface area (Å²) in [4.78, 5) is 17.9. The number of rotatable bonds is 2. The number of nitrogen functional groups attached to an aromatic ring is 1. The number of carbonyl (C=O) groups excluding carboxylic acids is 1. The molecule has 4 nitrogen and oxygen atoms in total. The third kappa shape index (κ3) is 1.79. The Balaban J connectivity index is 2.02. The predicted octanol–water partition coefficient (Wildman–Crippen LogP) is 1.94. The van der Waals surface area contributed by atoms with Gasteiger partial charge in [0.1, 0.15) is 0 Å². The molecule has 2 N–H and O–H groups in total. The molecule has 3 rings (SSSR count). The number of benzene rings is 1. The Hall–Kier alpha value is -2.10. The molecule has 4 heteroatoms. The zero-order valence-electron chi connectivity index (χ0n) is 10.1. The maximum atomic E-state index is 11.7. The first kappa shape index (κ1) is 11.0. The van der Waals surface area contributed by atoms with E-state index in [1.807, 2.05) is 29.2 Å². The van der Waals surface area contributed by atoms with Gasteiger partial charge in [-0.05, 0) is 30.2 Å². The van der Waals surface area contributed by atoms with Gasteiger partial charge in [0.05, 0.1) is 5.52 Å². The topological polar surface area (TPSA) is 59.2 Å². The van der Waals surface area contributed by atoms with Gasteiger partial charge in [-0.3, -0.25) is 9.78 Å². The maximum Gasteiger partial charge on any atom is 0.222 e. The van der Waals surface area contributed by atoms with Crippen LogP contribution in [0.5, 0.6) is 0 Å². The first-order valence-electron chi connectivity index (χ1n) is 6.15. The molecule has 0 bridgehead atoms. The minimum absolute atomic E-state index is 0.232. The first-order chi connectivity index (χ1) is 8.75. The van der Waals surface area contributed by atoms with Gasteiger partial charge in [-0.1, -0.05) is 6.07 Å². The van der Waals surface area contributed by atoms with Gasteiger partial charge in [-0.25, -0.2) is 0 Å². The predicted molar refractivity (Wildman–Crippen MR) is 70.8 cm³/mol. The van der Waals surface area contributed by atoms with E-state index in [1.54, 1.807) is 6.20 Å². The molecule has 1 aliphatic rings. The van der Waals surface area contributed by atoms with Crippen LogP contribution in [0.1, 0.15) is 18.4 Å². The van der Waals surface area contributed by atoms with E-state index in [4.69, 9.17) is 5.73 Å². The van der Waals surface area contributed by atoms with Crippen LogP contribution in [0.4, 0.5) is 5.69 Å². The lowest BCUT2D eigenvalue weighted by Crippen LogP contribution is -2.24. The fourth-order valence-corrected chi connectivity index (χ4v) is 2.46. The summed E-state index contributed by atoms with van der Waals surface area (Å²) in [5.41, 5.74) is 8.64. The first-order valence-corrected chi connectivity index (χ1v) is 6.15. The molecule has 18 heavy (non-hydrogen) atoms. The lowest BCUT2D eigenvalue weighted by atomic mass is 10.1. The van der Waals surface area contributed by atoms with E-state index in [0.29, 0.717) is 13.0 Å². The number of hydrogen-bond acceptors (Lipinski definition) is 3. The van der Waals surface area contributed by atoms with Crippen LogP contribution in [-0.4, -0.2) is 22.3 Å². The Morgan fingerprint density at radius 2 is 2.22 bits per heavy atom. The summed E-state index contributed by atoms with van der Waals surface area (Å²) in [6, 6.07) is 7.70. The highest BCUT2D eigenvalue weighted by Gasteiger charge is 2.21. The van der Waals surface area contributed by atoms with Crippen molar-refractivity contribution in [2.75, 3.05) is 12.3 Å². The fraction of sp³-hybridized carbons (Fsp3) is 0.286. The highest BCUT2D eigenvalue weighted by Crippen LogP contribution is 2.24. The van der Waals surface area contributed by atoms with Crippen molar-refractivity contribution in [3.8, 4) is 0 Å². The smallest absolute Gasteiger partial charge is 0.222 e. The van der Waals surface area contributed by atoms with Crippen LogP contribution in [0, 0.1) is 0 Å². The second-order valence-electron chi connectivity index (χ2n) is 4.63. The van der Waals surface area contributed by atoms with Crippen molar-refractivity contribution >= 4 is 22.5 Å². The van der Waals surface area contributed by atoms with Crippen molar-refractivity contribution in [1.29, 1.82) is 0 Å². The minimum atomic E-state index is 0.232. The van der Waals surface area contributed by atoms with E-state index in [1.165, 1.54) is 0 Å². The molecular weight excluding hydrogens is 226 g/mol. The summed E-state index contributed by atoms with van der Waals surface area (Å²) in [6.07, 6.45) is 3.39. The Bertz CT molecular complexity index is 609. The quantitative estimate of drug-likeness (QED) is 0.817. The molecule has 0 aliphatic carbocycles. The van der Waals surface area contributed by atoms with Crippen molar-refractivity contribution < 1.29 is 4.79 Å². The van der Waals surface area contributed by atoms with Crippen LogP contribution in [0.2, 0.25) is 0 Å². The molecule has 2 aromatic rings. The van der Waals surface area contributed by atoms with Crippen LogP contribution in [-0.2, 0) is 11.3 Å². The molecular formula is C14H15N3O. The van der Waals surface area contributed by atoms with E-state index in [9.17, 15) is 4.79 Å².